The van der Waals surface area contributed by atoms with E-state index in [1.807, 2.05) is 19.1 Å². The van der Waals surface area contributed by atoms with Gasteiger partial charge >= 0.3 is 0 Å². The molecule has 2 rings (SSSR count). The van der Waals surface area contributed by atoms with Gasteiger partial charge in [0.2, 0.25) is 0 Å². The third-order valence-electron chi connectivity index (χ3n) is 2.06. The van der Waals surface area contributed by atoms with Crippen LogP contribution in [0.2, 0.25) is 0 Å². The molecule has 0 bridgehead atoms. The van der Waals surface area contributed by atoms with Crippen LogP contribution >= 0.6 is 15.9 Å². The topological polar surface area (TPSA) is 30.2 Å². The van der Waals surface area contributed by atoms with Crippen LogP contribution in [0.25, 0.3) is 11.0 Å². The molecule has 0 amide bonds. The largest absolute Gasteiger partial charge is 0.452 e. The molecule has 14 heavy (non-hydrogen) atoms. The lowest BCUT2D eigenvalue weighted by Crippen LogP contribution is -1.85. The summed E-state index contributed by atoms with van der Waals surface area (Å²) in [6.45, 7) is 3.50. The Morgan fingerprint density at radius 1 is 1.36 bits per heavy atom. The summed E-state index contributed by atoms with van der Waals surface area (Å²) < 4.78 is 6.31. The number of furan rings is 1. The molecule has 0 aliphatic rings. The molecule has 3 heteroatoms. The molecule has 0 saturated carbocycles. The minimum atomic E-state index is -0.0502. The molecule has 0 radical (unpaired) electrons. The van der Waals surface area contributed by atoms with Crippen molar-refractivity contribution >= 4 is 32.7 Å². The number of hydrogen-bond donors (Lipinski definition) is 0. The lowest BCUT2D eigenvalue weighted by atomic mass is 10.2. The average Bonchev–Trinajstić information content (AvgIpc) is 2.47. The summed E-state index contributed by atoms with van der Waals surface area (Å²) in [4.78, 5) is 11.1. The maximum absolute atomic E-state index is 11.1. The fourth-order valence-electron chi connectivity index (χ4n) is 1.42. The Bertz CT molecular complexity index is 511. The zero-order valence-electron chi connectivity index (χ0n) is 7.93. The number of hydrogen-bond acceptors (Lipinski definition) is 2. The van der Waals surface area contributed by atoms with E-state index in [1.165, 1.54) is 6.92 Å². The summed E-state index contributed by atoms with van der Waals surface area (Å²) in [6, 6.07) is 5.74. The fraction of sp³-hybridized carbons (Fsp3) is 0.182. The van der Waals surface area contributed by atoms with Gasteiger partial charge in [-0.2, -0.15) is 0 Å². The van der Waals surface area contributed by atoms with E-state index in [9.17, 15) is 4.79 Å². The molecule has 1 aromatic carbocycles. The highest BCUT2D eigenvalue weighted by molar-refractivity contribution is 9.10. The summed E-state index contributed by atoms with van der Waals surface area (Å²) in [5.41, 5.74) is 1.88. The number of ketones is 1. The van der Waals surface area contributed by atoms with Crippen LogP contribution in [0.3, 0.4) is 0 Å². The number of rotatable bonds is 1. The third-order valence-corrected chi connectivity index (χ3v) is 2.65. The van der Waals surface area contributed by atoms with E-state index in [-0.39, 0.29) is 5.78 Å². The third kappa shape index (κ3) is 1.48. The molecule has 0 unspecified atom stereocenters. The first-order valence-electron chi connectivity index (χ1n) is 4.28. The predicted molar refractivity (Wildman–Crippen MR) is 58.7 cm³/mol. The average molecular weight is 253 g/mol. The SMILES string of the molecule is CC(=O)c1cc2cc(C)cc(Br)c2o1. The van der Waals surface area contributed by atoms with Crippen molar-refractivity contribution < 1.29 is 9.21 Å². The number of halogens is 1. The monoisotopic (exact) mass is 252 g/mol. The van der Waals surface area contributed by atoms with Gasteiger partial charge in [0.25, 0.3) is 0 Å². The van der Waals surface area contributed by atoms with Crippen molar-refractivity contribution in [3.8, 4) is 0 Å². The van der Waals surface area contributed by atoms with E-state index in [0.29, 0.717) is 5.76 Å². The number of fused-ring (bicyclic) bond motifs is 1. The van der Waals surface area contributed by atoms with E-state index in [2.05, 4.69) is 15.9 Å². The van der Waals surface area contributed by atoms with Gasteiger partial charge in [0.05, 0.1) is 4.47 Å². The van der Waals surface area contributed by atoms with Crippen molar-refractivity contribution in [2.45, 2.75) is 13.8 Å². The van der Waals surface area contributed by atoms with Gasteiger partial charge in [0, 0.05) is 12.3 Å². The van der Waals surface area contributed by atoms with Gasteiger partial charge in [0.15, 0.2) is 11.5 Å². The number of benzene rings is 1. The number of carbonyl (C=O) groups is 1. The highest BCUT2D eigenvalue weighted by Gasteiger charge is 2.10. The second-order valence-corrected chi connectivity index (χ2v) is 4.19. The predicted octanol–water partition coefficient (Wildman–Crippen LogP) is 3.71. The van der Waals surface area contributed by atoms with Gasteiger partial charge in [-0.25, -0.2) is 0 Å². The van der Waals surface area contributed by atoms with Crippen molar-refractivity contribution in [2.24, 2.45) is 0 Å². The quantitative estimate of drug-likeness (QED) is 0.725. The molecule has 0 aliphatic carbocycles. The first kappa shape index (κ1) is 9.46. The van der Waals surface area contributed by atoms with Crippen LogP contribution in [0.5, 0.6) is 0 Å². The van der Waals surface area contributed by atoms with Gasteiger partial charge in [0.1, 0.15) is 5.58 Å². The highest BCUT2D eigenvalue weighted by atomic mass is 79.9. The van der Waals surface area contributed by atoms with Crippen molar-refractivity contribution in [1.82, 2.24) is 0 Å². The highest BCUT2D eigenvalue weighted by Crippen LogP contribution is 2.28. The summed E-state index contributed by atoms with van der Waals surface area (Å²) in [6.07, 6.45) is 0. The second-order valence-electron chi connectivity index (χ2n) is 3.33. The van der Waals surface area contributed by atoms with E-state index >= 15 is 0 Å². The maximum atomic E-state index is 11.1. The van der Waals surface area contributed by atoms with E-state index < -0.39 is 0 Å². The lowest BCUT2D eigenvalue weighted by molar-refractivity contribution is 0.0989. The van der Waals surface area contributed by atoms with E-state index in [1.54, 1.807) is 6.07 Å². The Balaban J connectivity index is 2.76. The Morgan fingerprint density at radius 2 is 2.07 bits per heavy atom. The Labute approximate surface area is 90.0 Å². The normalized spacial score (nSPS) is 10.8. The Hall–Kier alpha value is -1.09. The van der Waals surface area contributed by atoms with Crippen LogP contribution in [-0.2, 0) is 0 Å². The van der Waals surface area contributed by atoms with Crippen LogP contribution in [0, 0.1) is 6.92 Å². The first-order valence-corrected chi connectivity index (χ1v) is 5.08. The summed E-state index contributed by atoms with van der Waals surface area (Å²) in [5.74, 6) is 0.358. The van der Waals surface area contributed by atoms with Gasteiger partial charge in [-0.05, 0) is 46.6 Å². The Morgan fingerprint density at radius 3 is 2.71 bits per heavy atom. The molecular weight excluding hydrogens is 244 g/mol. The zero-order valence-corrected chi connectivity index (χ0v) is 9.51. The van der Waals surface area contributed by atoms with Gasteiger partial charge in [-0.3, -0.25) is 4.79 Å². The first-order chi connectivity index (χ1) is 6.58. The fourth-order valence-corrected chi connectivity index (χ4v) is 2.10. The standard InChI is InChI=1S/C11H9BrO2/c1-6-3-8-5-10(7(2)13)14-11(8)9(12)4-6/h3-5H,1-2H3. The molecule has 2 aromatic rings. The summed E-state index contributed by atoms with van der Waals surface area (Å²) >= 11 is 3.41. The van der Waals surface area contributed by atoms with E-state index in [0.717, 1.165) is 21.0 Å². The molecule has 0 spiro atoms. The molecule has 0 N–H and O–H groups in total. The molecule has 1 aromatic heterocycles. The molecular formula is C11H9BrO2. The second kappa shape index (κ2) is 3.24. The summed E-state index contributed by atoms with van der Waals surface area (Å²) in [5, 5.41) is 0.960. The molecule has 1 heterocycles. The van der Waals surface area contributed by atoms with Crippen LogP contribution in [-0.4, -0.2) is 5.78 Å². The lowest BCUT2D eigenvalue weighted by Gasteiger charge is -1.94. The number of Topliss-reactive ketones (excluding diaryl/α,β-unsaturated/α-hetero) is 1. The van der Waals surface area contributed by atoms with E-state index in [4.69, 9.17) is 4.42 Å². The molecule has 2 nitrogen and oxygen atoms in total. The van der Waals surface area contributed by atoms with Crippen molar-refractivity contribution in [1.29, 1.82) is 0 Å². The van der Waals surface area contributed by atoms with Crippen LogP contribution in [0.15, 0.2) is 27.1 Å². The molecule has 0 atom stereocenters. The molecule has 0 saturated heterocycles. The van der Waals surface area contributed by atoms with Gasteiger partial charge in [-0.1, -0.05) is 0 Å². The summed E-state index contributed by atoms with van der Waals surface area (Å²) in [7, 11) is 0. The van der Waals surface area contributed by atoms with Gasteiger partial charge < -0.3 is 4.42 Å². The van der Waals surface area contributed by atoms with Gasteiger partial charge in [-0.15, -0.1) is 0 Å². The number of carbonyl (C=O) groups excluding carboxylic acids is 1. The smallest absolute Gasteiger partial charge is 0.194 e. The molecule has 0 fully saturated rings. The van der Waals surface area contributed by atoms with Crippen LogP contribution in [0.4, 0.5) is 0 Å². The van der Waals surface area contributed by atoms with Crippen LogP contribution < -0.4 is 0 Å². The minimum absolute atomic E-state index is 0.0502. The van der Waals surface area contributed by atoms with Crippen LogP contribution in [0.1, 0.15) is 23.0 Å². The van der Waals surface area contributed by atoms with Crippen molar-refractivity contribution in [3.63, 3.8) is 0 Å². The molecule has 72 valence electrons. The number of aryl methyl sites for hydroxylation is 1. The minimum Gasteiger partial charge on any atom is -0.452 e. The Kier molecular flexibility index (Phi) is 2.19. The van der Waals surface area contributed by atoms with Crippen molar-refractivity contribution in [2.75, 3.05) is 0 Å². The molecule has 0 aliphatic heterocycles. The van der Waals surface area contributed by atoms with Crippen molar-refractivity contribution in [3.05, 3.63) is 34.0 Å². The zero-order chi connectivity index (χ0) is 10.3. The maximum Gasteiger partial charge on any atom is 0.194 e.